The Morgan fingerprint density at radius 3 is 2.48 bits per heavy atom. The number of sulfonamides is 1. The average Bonchev–Trinajstić information content (AvgIpc) is 3.91. The lowest BCUT2D eigenvalue weighted by molar-refractivity contribution is -0.139. The van der Waals surface area contributed by atoms with Crippen LogP contribution >= 0.6 is 0 Å². The number of nitrogens with two attached hydrogens (primary N) is 1. The molecule has 5 atom stereocenters. The van der Waals surface area contributed by atoms with E-state index in [9.17, 15) is 27.6 Å². The van der Waals surface area contributed by atoms with Gasteiger partial charge in [0, 0.05) is 25.5 Å². The summed E-state index contributed by atoms with van der Waals surface area (Å²) in [4.78, 5) is 52.3. The van der Waals surface area contributed by atoms with E-state index in [1.54, 1.807) is 26.8 Å². The van der Waals surface area contributed by atoms with Crippen LogP contribution in [0.25, 0.3) is 0 Å². The number of nitrogens with one attached hydrogen (secondary N) is 2. The summed E-state index contributed by atoms with van der Waals surface area (Å²) in [5, 5.41) is 2.21. The molecular formula is C32H46N4O9S. The van der Waals surface area contributed by atoms with Crippen molar-refractivity contribution in [2.45, 2.75) is 94.9 Å². The maximum Gasteiger partial charge on any atom is 0.408 e. The van der Waals surface area contributed by atoms with E-state index < -0.39 is 62.9 Å². The Morgan fingerprint density at radius 2 is 1.83 bits per heavy atom. The lowest BCUT2D eigenvalue weighted by Crippen LogP contribution is -2.53. The van der Waals surface area contributed by atoms with Crippen molar-refractivity contribution in [2.24, 2.45) is 17.6 Å². The third kappa shape index (κ3) is 10.8. The molecule has 0 unspecified atom stereocenters. The Kier molecular flexibility index (Phi) is 11.8. The number of carbonyl (C=O) groups excluding carboxylic acids is 4. The third-order valence-corrected chi connectivity index (χ3v) is 9.79. The molecule has 13 nitrogen and oxygen atoms in total. The Labute approximate surface area is 270 Å². The van der Waals surface area contributed by atoms with Crippen molar-refractivity contribution in [1.82, 2.24) is 14.9 Å². The second-order valence-corrected chi connectivity index (χ2v) is 15.1. The normalized spacial score (nSPS) is 23.6. The molecule has 254 valence electrons. The fraction of sp³-hybridized carbons (Fsp3) is 0.625. The predicted molar refractivity (Wildman–Crippen MR) is 168 cm³/mol. The number of alkyl carbamates (subject to hydrolysis) is 1. The molecule has 0 radical (unpaired) electrons. The summed E-state index contributed by atoms with van der Waals surface area (Å²) in [6, 6.07) is 7.70. The van der Waals surface area contributed by atoms with Crippen molar-refractivity contribution in [3.05, 3.63) is 48.0 Å². The van der Waals surface area contributed by atoms with E-state index in [1.165, 1.54) is 4.90 Å². The fourth-order valence-corrected chi connectivity index (χ4v) is 6.66. The Balaban J connectivity index is 1.25. The lowest BCUT2D eigenvalue weighted by Gasteiger charge is -2.28. The van der Waals surface area contributed by atoms with Crippen molar-refractivity contribution < 1.29 is 41.8 Å². The van der Waals surface area contributed by atoms with E-state index in [0.717, 1.165) is 5.56 Å². The van der Waals surface area contributed by atoms with Crippen molar-refractivity contribution in [1.29, 1.82) is 0 Å². The first-order chi connectivity index (χ1) is 21.7. The first-order valence-corrected chi connectivity index (χ1v) is 17.3. The molecule has 0 bridgehead atoms. The molecular weight excluding hydrogens is 616 g/mol. The summed E-state index contributed by atoms with van der Waals surface area (Å²) < 4.78 is 43.2. The maximum atomic E-state index is 13.7. The summed E-state index contributed by atoms with van der Waals surface area (Å²) in [6.07, 6.45) is 5.13. The Morgan fingerprint density at radius 1 is 1.11 bits per heavy atom. The van der Waals surface area contributed by atoms with Gasteiger partial charge in [0.05, 0.1) is 24.6 Å². The van der Waals surface area contributed by atoms with Crippen LogP contribution in [-0.4, -0.2) is 85.9 Å². The number of ether oxygens (including phenoxy) is 3. The Hall–Kier alpha value is -3.49. The number of benzene rings is 1. The van der Waals surface area contributed by atoms with E-state index >= 15 is 0 Å². The molecule has 4 amide bonds. The minimum Gasteiger partial charge on any atom is -0.444 e. The van der Waals surface area contributed by atoms with Crippen LogP contribution in [0.1, 0.15) is 64.9 Å². The van der Waals surface area contributed by atoms with Crippen LogP contribution in [0.15, 0.2) is 42.5 Å². The molecule has 1 aromatic rings. The summed E-state index contributed by atoms with van der Waals surface area (Å²) >= 11 is 0. The zero-order valence-electron chi connectivity index (χ0n) is 26.7. The van der Waals surface area contributed by atoms with Crippen molar-refractivity contribution >= 4 is 33.8 Å². The molecule has 4 N–H and O–H groups in total. The molecule has 46 heavy (non-hydrogen) atoms. The van der Waals surface area contributed by atoms with E-state index in [0.29, 0.717) is 32.3 Å². The van der Waals surface area contributed by atoms with Gasteiger partial charge in [-0.15, -0.1) is 0 Å². The highest BCUT2D eigenvalue weighted by atomic mass is 32.2. The number of hydrogen-bond donors (Lipinski definition) is 3. The highest BCUT2D eigenvalue weighted by molar-refractivity contribution is 7.90. The summed E-state index contributed by atoms with van der Waals surface area (Å²) in [5.41, 5.74) is 5.85. The van der Waals surface area contributed by atoms with Gasteiger partial charge >= 0.3 is 6.09 Å². The summed E-state index contributed by atoms with van der Waals surface area (Å²) in [5.74, 6) is -1.94. The van der Waals surface area contributed by atoms with E-state index in [-0.39, 0.29) is 44.4 Å². The van der Waals surface area contributed by atoms with Gasteiger partial charge in [0.1, 0.15) is 17.7 Å². The molecule has 14 heteroatoms. The minimum atomic E-state index is -3.55. The second kappa shape index (κ2) is 15.4. The zero-order chi connectivity index (χ0) is 33.5. The maximum absolute atomic E-state index is 13.7. The lowest BCUT2D eigenvalue weighted by atomic mass is 10.1. The number of hydrogen-bond acceptors (Lipinski definition) is 9. The SMILES string of the molecule is CC(C)(C)OC(=O)N[C@@H](CCCOC/C=C\[C@@H]1C[C@@H]1C(=O)NS(=O)(=O)C1CC1)C(=O)N1C[C@H](OCc2ccccc2)C[C@H]1C(N)=O. The van der Waals surface area contributed by atoms with Crippen LogP contribution in [0.5, 0.6) is 0 Å². The third-order valence-electron chi connectivity index (χ3n) is 7.95. The molecule has 1 saturated heterocycles. The monoisotopic (exact) mass is 662 g/mol. The van der Waals surface area contributed by atoms with Crippen LogP contribution in [0.4, 0.5) is 4.79 Å². The standard InChI is InChI=1S/C32H46N4O9S/c1-32(2,3)45-31(40)34-26(30(39)36-19-23(18-27(36)28(33)37)44-20-21-9-5-4-6-10-21)12-8-16-43-15-7-11-22-17-25(22)29(38)35-46(41,42)24-13-14-24/h4-7,9-11,22-27H,8,12-20H2,1-3H3,(H2,33,37)(H,34,40)(H,35,38)/b11-7-/t22-,23-,25+,26+,27+/m1/s1. The average molecular weight is 663 g/mol. The number of likely N-dealkylation sites (tertiary alicyclic amines) is 1. The van der Waals surface area contributed by atoms with Crippen LogP contribution in [0.2, 0.25) is 0 Å². The van der Waals surface area contributed by atoms with Gasteiger partial charge in [-0.05, 0) is 64.4 Å². The highest BCUT2D eigenvalue weighted by Crippen LogP contribution is 2.40. The quantitative estimate of drug-likeness (QED) is 0.176. The van der Waals surface area contributed by atoms with Gasteiger partial charge < -0.3 is 30.2 Å². The van der Waals surface area contributed by atoms with Crippen molar-refractivity contribution in [2.75, 3.05) is 19.8 Å². The van der Waals surface area contributed by atoms with Crippen LogP contribution in [0.3, 0.4) is 0 Å². The van der Waals surface area contributed by atoms with Gasteiger partial charge in [0.2, 0.25) is 27.7 Å². The topological polar surface area (TPSA) is 183 Å². The summed E-state index contributed by atoms with van der Waals surface area (Å²) in [6.45, 7) is 6.17. The van der Waals surface area contributed by atoms with Gasteiger partial charge in [0.15, 0.2) is 0 Å². The number of rotatable bonds is 16. The highest BCUT2D eigenvalue weighted by Gasteiger charge is 2.45. The molecule has 1 aromatic carbocycles. The number of allylic oxidation sites excluding steroid dienone is 1. The zero-order valence-corrected chi connectivity index (χ0v) is 27.5. The number of nitrogens with zero attached hydrogens (tertiary/aromatic N) is 1. The second-order valence-electron chi connectivity index (χ2n) is 13.1. The summed E-state index contributed by atoms with van der Waals surface area (Å²) in [7, 11) is -3.55. The number of amides is 4. The van der Waals surface area contributed by atoms with Gasteiger partial charge in [-0.1, -0.05) is 42.5 Å². The number of primary amides is 1. The smallest absolute Gasteiger partial charge is 0.408 e. The molecule has 4 rings (SSSR count). The van der Waals surface area contributed by atoms with Crippen LogP contribution in [0, 0.1) is 11.8 Å². The fourth-order valence-electron chi connectivity index (χ4n) is 5.30. The molecule has 2 aliphatic carbocycles. The largest absolute Gasteiger partial charge is 0.444 e. The molecule has 1 heterocycles. The molecule has 3 aliphatic rings. The minimum absolute atomic E-state index is 0.0304. The molecule has 1 aliphatic heterocycles. The van der Waals surface area contributed by atoms with Gasteiger partial charge in [-0.2, -0.15) is 0 Å². The van der Waals surface area contributed by atoms with Crippen LogP contribution in [-0.2, 0) is 45.2 Å². The van der Waals surface area contributed by atoms with E-state index in [2.05, 4.69) is 10.0 Å². The van der Waals surface area contributed by atoms with Crippen LogP contribution < -0.4 is 15.8 Å². The molecule has 0 aromatic heterocycles. The number of carbonyl (C=O) groups is 4. The van der Waals surface area contributed by atoms with E-state index in [1.807, 2.05) is 36.4 Å². The molecule has 3 fully saturated rings. The van der Waals surface area contributed by atoms with Gasteiger partial charge in [-0.25, -0.2) is 13.2 Å². The van der Waals surface area contributed by atoms with Gasteiger partial charge in [0.25, 0.3) is 0 Å². The predicted octanol–water partition coefficient (Wildman–Crippen LogP) is 2.15. The molecule has 2 saturated carbocycles. The van der Waals surface area contributed by atoms with E-state index in [4.69, 9.17) is 19.9 Å². The Bertz CT molecular complexity index is 1380. The van der Waals surface area contributed by atoms with Crippen molar-refractivity contribution in [3.63, 3.8) is 0 Å². The van der Waals surface area contributed by atoms with Crippen molar-refractivity contribution in [3.8, 4) is 0 Å². The van der Waals surface area contributed by atoms with Gasteiger partial charge in [-0.3, -0.25) is 19.1 Å². The first-order valence-electron chi connectivity index (χ1n) is 15.8. The molecule has 0 spiro atoms. The first kappa shape index (κ1) is 35.4.